The first-order chi connectivity index (χ1) is 14.9. The molecule has 162 valence electrons. The maximum absolute atomic E-state index is 12.8. The molecule has 0 spiro atoms. The quantitative estimate of drug-likeness (QED) is 0.394. The average molecular weight is 441 g/mol. The van der Waals surface area contributed by atoms with Crippen LogP contribution in [0.5, 0.6) is 11.5 Å². The molecular formula is C23H24N2O5S. The number of phenolic OH excluding ortho intramolecular Hbond substituents is 1. The Kier molecular flexibility index (Phi) is 6.98. The molecule has 0 bridgehead atoms. The van der Waals surface area contributed by atoms with Crippen molar-refractivity contribution in [3.63, 3.8) is 0 Å². The Balaban J connectivity index is 1.92. The first kappa shape index (κ1) is 22.4. The fourth-order valence-electron chi connectivity index (χ4n) is 3.54. The van der Waals surface area contributed by atoms with Gasteiger partial charge >= 0.3 is 5.97 Å². The van der Waals surface area contributed by atoms with E-state index in [1.165, 1.54) is 30.6 Å². The van der Waals surface area contributed by atoms with Gasteiger partial charge in [-0.05, 0) is 61.4 Å². The first-order valence-electron chi connectivity index (χ1n) is 9.99. The number of nitrogens with zero attached hydrogens (tertiary/aromatic N) is 1. The van der Waals surface area contributed by atoms with Crippen molar-refractivity contribution in [1.82, 2.24) is 0 Å². The molecule has 2 aromatic rings. The van der Waals surface area contributed by atoms with Crippen molar-refractivity contribution in [3.8, 4) is 17.6 Å². The van der Waals surface area contributed by atoms with Gasteiger partial charge in [0.2, 0.25) is 0 Å². The van der Waals surface area contributed by atoms with Gasteiger partial charge < -0.3 is 19.9 Å². The van der Waals surface area contributed by atoms with Crippen LogP contribution in [0.25, 0.3) is 6.08 Å². The maximum Gasteiger partial charge on any atom is 0.341 e. The van der Waals surface area contributed by atoms with Crippen LogP contribution in [-0.4, -0.2) is 30.7 Å². The molecule has 2 N–H and O–H groups in total. The molecule has 3 rings (SSSR count). The highest BCUT2D eigenvalue weighted by atomic mass is 32.1. The van der Waals surface area contributed by atoms with Gasteiger partial charge in [-0.15, -0.1) is 11.3 Å². The molecule has 0 saturated carbocycles. The number of ether oxygens (including phenoxy) is 2. The van der Waals surface area contributed by atoms with E-state index in [0.717, 1.165) is 29.7 Å². The monoisotopic (exact) mass is 440 g/mol. The lowest BCUT2D eigenvalue weighted by molar-refractivity contribution is -0.112. The highest BCUT2D eigenvalue weighted by Crippen LogP contribution is 2.40. The van der Waals surface area contributed by atoms with Crippen molar-refractivity contribution in [3.05, 3.63) is 45.3 Å². The number of esters is 1. The first-order valence-corrected chi connectivity index (χ1v) is 10.8. The van der Waals surface area contributed by atoms with Crippen molar-refractivity contribution >= 4 is 34.3 Å². The largest absolute Gasteiger partial charge is 0.504 e. The molecule has 1 unspecified atom stereocenters. The summed E-state index contributed by atoms with van der Waals surface area (Å²) in [4.78, 5) is 26.5. The van der Waals surface area contributed by atoms with E-state index in [9.17, 15) is 20.0 Å². The summed E-state index contributed by atoms with van der Waals surface area (Å²) >= 11 is 1.36. The van der Waals surface area contributed by atoms with Crippen LogP contribution in [0.15, 0.2) is 23.8 Å². The second-order valence-electron chi connectivity index (χ2n) is 7.33. The lowest BCUT2D eigenvalue weighted by Crippen LogP contribution is -2.17. The highest BCUT2D eigenvalue weighted by molar-refractivity contribution is 7.17. The van der Waals surface area contributed by atoms with Gasteiger partial charge in [0.25, 0.3) is 5.91 Å². The number of nitriles is 1. The van der Waals surface area contributed by atoms with Crippen LogP contribution < -0.4 is 10.1 Å². The lowest BCUT2D eigenvalue weighted by atomic mass is 9.88. The molecule has 7 nitrogen and oxygen atoms in total. The molecule has 0 radical (unpaired) electrons. The smallest absolute Gasteiger partial charge is 0.341 e. The fourth-order valence-corrected chi connectivity index (χ4v) is 4.93. The van der Waals surface area contributed by atoms with Crippen molar-refractivity contribution in [2.75, 3.05) is 19.0 Å². The number of methoxy groups -OCH3 is 1. The van der Waals surface area contributed by atoms with E-state index >= 15 is 0 Å². The maximum atomic E-state index is 12.8. The van der Waals surface area contributed by atoms with Gasteiger partial charge in [0.1, 0.15) is 16.6 Å². The van der Waals surface area contributed by atoms with Gasteiger partial charge in [-0.2, -0.15) is 5.26 Å². The number of fused-ring (bicyclic) bond motifs is 1. The second-order valence-corrected chi connectivity index (χ2v) is 8.44. The van der Waals surface area contributed by atoms with Crippen molar-refractivity contribution in [2.45, 2.75) is 33.1 Å². The number of hydrogen-bond acceptors (Lipinski definition) is 7. The number of amides is 1. The summed E-state index contributed by atoms with van der Waals surface area (Å²) in [6.45, 7) is 4.13. The van der Waals surface area contributed by atoms with Crippen LogP contribution in [-0.2, 0) is 22.4 Å². The summed E-state index contributed by atoms with van der Waals surface area (Å²) in [7, 11) is 1.43. The number of phenols is 1. The number of hydrogen-bond donors (Lipinski definition) is 2. The normalized spacial score (nSPS) is 15.5. The van der Waals surface area contributed by atoms with Gasteiger partial charge in [-0.1, -0.05) is 13.0 Å². The highest BCUT2D eigenvalue weighted by Gasteiger charge is 2.29. The van der Waals surface area contributed by atoms with Crippen LogP contribution in [0.1, 0.15) is 46.6 Å². The molecule has 1 atom stereocenters. The zero-order chi connectivity index (χ0) is 22.5. The van der Waals surface area contributed by atoms with Crippen LogP contribution in [0.2, 0.25) is 0 Å². The average Bonchev–Trinajstić information content (AvgIpc) is 3.08. The number of rotatable bonds is 6. The molecule has 0 aliphatic heterocycles. The van der Waals surface area contributed by atoms with E-state index in [0.29, 0.717) is 22.0 Å². The summed E-state index contributed by atoms with van der Waals surface area (Å²) in [6.07, 6.45) is 3.93. The number of nitrogens with one attached hydrogen (secondary N) is 1. The zero-order valence-corrected chi connectivity index (χ0v) is 18.5. The number of thiophene rings is 1. The zero-order valence-electron chi connectivity index (χ0n) is 17.7. The molecule has 1 aliphatic rings. The lowest BCUT2D eigenvalue weighted by Gasteiger charge is -2.18. The molecule has 0 fully saturated rings. The second kappa shape index (κ2) is 9.67. The third kappa shape index (κ3) is 4.89. The summed E-state index contributed by atoms with van der Waals surface area (Å²) < 4.78 is 10.2. The Labute approximate surface area is 184 Å². The minimum absolute atomic E-state index is 0.0985. The number of carbonyl (C=O) groups excluding carboxylic acids is 2. The number of carbonyl (C=O) groups is 2. The molecule has 1 aliphatic carbocycles. The van der Waals surface area contributed by atoms with Crippen LogP contribution in [0, 0.1) is 17.2 Å². The van der Waals surface area contributed by atoms with Gasteiger partial charge in [0, 0.05) is 4.88 Å². The molecule has 1 aromatic carbocycles. The predicted molar refractivity (Wildman–Crippen MR) is 118 cm³/mol. The van der Waals surface area contributed by atoms with E-state index in [2.05, 4.69) is 12.2 Å². The third-order valence-corrected chi connectivity index (χ3v) is 6.27. The SMILES string of the molecule is CCOC(=O)c1c(NC(=O)/C(C#N)=C\c2ccc(OC)c(O)c2)sc2c1CCC(C)C2. The Hall–Kier alpha value is -3.31. The minimum atomic E-state index is -0.630. The minimum Gasteiger partial charge on any atom is -0.504 e. The summed E-state index contributed by atoms with van der Waals surface area (Å²) in [6, 6.07) is 6.45. The van der Waals surface area contributed by atoms with E-state index in [-0.39, 0.29) is 23.7 Å². The van der Waals surface area contributed by atoms with Crippen molar-refractivity contribution in [1.29, 1.82) is 5.26 Å². The summed E-state index contributed by atoms with van der Waals surface area (Å²) in [5.41, 5.74) is 1.63. The third-order valence-electron chi connectivity index (χ3n) is 5.10. The van der Waals surface area contributed by atoms with Crippen molar-refractivity contribution in [2.24, 2.45) is 5.92 Å². The van der Waals surface area contributed by atoms with Crippen LogP contribution in [0.3, 0.4) is 0 Å². The van der Waals surface area contributed by atoms with E-state index < -0.39 is 11.9 Å². The van der Waals surface area contributed by atoms with Crippen molar-refractivity contribution < 1.29 is 24.2 Å². The standard InChI is InChI=1S/C23H24N2O5S/c1-4-30-23(28)20-16-7-5-13(2)9-19(16)31-22(20)25-21(27)15(12-24)10-14-6-8-18(29-3)17(26)11-14/h6,8,10-11,13,26H,4-5,7,9H2,1-3H3,(H,25,27)/b15-10-. The molecule has 31 heavy (non-hydrogen) atoms. The predicted octanol–water partition coefficient (Wildman–Crippen LogP) is 4.31. The molecular weight excluding hydrogens is 416 g/mol. The Bertz CT molecular complexity index is 1080. The molecule has 1 aromatic heterocycles. The molecule has 8 heteroatoms. The fraction of sp³-hybridized carbons (Fsp3) is 0.348. The van der Waals surface area contributed by atoms with Crippen LogP contribution in [0.4, 0.5) is 5.00 Å². The van der Waals surface area contributed by atoms with Gasteiger partial charge in [-0.3, -0.25) is 4.79 Å². The molecule has 1 heterocycles. The summed E-state index contributed by atoms with van der Waals surface area (Å²) in [5, 5.41) is 22.6. The number of benzene rings is 1. The van der Waals surface area contributed by atoms with Crippen LogP contribution >= 0.6 is 11.3 Å². The molecule has 0 saturated heterocycles. The van der Waals surface area contributed by atoms with E-state index in [1.807, 2.05) is 6.07 Å². The Morgan fingerprint density at radius 1 is 1.42 bits per heavy atom. The van der Waals surface area contributed by atoms with E-state index in [4.69, 9.17) is 9.47 Å². The Morgan fingerprint density at radius 3 is 2.84 bits per heavy atom. The summed E-state index contributed by atoms with van der Waals surface area (Å²) in [5.74, 6) is -0.402. The topological polar surface area (TPSA) is 109 Å². The number of anilines is 1. The van der Waals surface area contributed by atoms with Gasteiger partial charge in [0.15, 0.2) is 11.5 Å². The van der Waals surface area contributed by atoms with Gasteiger partial charge in [-0.25, -0.2) is 4.79 Å². The molecule has 1 amide bonds. The van der Waals surface area contributed by atoms with Gasteiger partial charge in [0.05, 0.1) is 19.3 Å². The Morgan fingerprint density at radius 2 is 2.19 bits per heavy atom. The van der Waals surface area contributed by atoms with E-state index in [1.54, 1.807) is 19.1 Å². The number of aromatic hydroxyl groups is 1.